The SMILES string of the molecule is CCC(C)(C)NC(=O)C(C)NC(C)C(CO)SC. The van der Waals surface area contributed by atoms with Gasteiger partial charge in [-0.05, 0) is 40.4 Å². The van der Waals surface area contributed by atoms with Gasteiger partial charge < -0.3 is 15.7 Å². The van der Waals surface area contributed by atoms with Gasteiger partial charge in [0, 0.05) is 16.8 Å². The molecule has 0 radical (unpaired) electrons. The summed E-state index contributed by atoms with van der Waals surface area (Å²) in [7, 11) is 0. The molecule has 108 valence electrons. The lowest BCUT2D eigenvalue weighted by molar-refractivity contribution is -0.124. The van der Waals surface area contributed by atoms with Crippen molar-refractivity contribution in [2.45, 2.75) is 63.9 Å². The van der Waals surface area contributed by atoms with Crippen LogP contribution < -0.4 is 10.6 Å². The number of carbonyl (C=O) groups excluding carboxylic acids is 1. The molecule has 0 aromatic rings. The minimum atomic E-state index is -0.257. The lowest BCUT2D eigenvalue weighted by Gasteiger charge is -2.29. The van der Waals surface area contributed by atoms with Crippen LogP contribution in [0.3, 0.4) is 0 Å². The number of rotatable bonds is 8. The topological polar surface area (TPSA) is 61.4 Å². The van der Waals surface area contributed by atoms with E-state index in [-0.39, 0.29) is 35.4 Å². The molecular formula is C13H28N2O2S. The van der Waals surface area contributed by atoms with E-state index in [4.69, 9.17) is 0 Å². The molecule has 0 heterocycles. The summed E-state index contributed by atoms with van der Waals surface area (Å²) in [6, 6.07) is -0.164. The second-order valence-electron chi connectivity index (χ2n) is 5.36. The van der Waals surface area contributed by atoms with Gasteiger partial charge in [-0.15, -0.1) is 0 Å². The van der Waals surface area contributed by atoms with E-state index in [1.54, 1.807) is 11.8 Å². The fourth-order valence-electron chi connectivity index (χ4n) is 1.54. The van der Waals surface area contributed by atoms with Crippen molar-refractivity contribution in [2.24, 2.45) is 0 Å². The molecule has 0 aliphatic heterocycles. The van der Waals surface area contributed by atoms with Gasteiger partial charge >= 0.3 is 0 Å². The quantitative estimate of drug-likeness (QED) is 0.627. The van der Waals surface area contributed by atoms with Gasteiger partial charge in [-0.1, -0.05) is 6.92 Å². The van der Waals surface area contributed by atoms with Gasteiger partial charge in [-0.2, -0.15) is 11.8 Å². The summed E-state index contributed by atoms with van der Waals surface area (Å²) in [5.41, 5.74) is -0.174. The van der Waals surface area contributed by atoms with E-state index in [2.05, 4.69) is 17.6 Å². The fourth-order valence-corrected chi connectivity index (χ4v) is 2.18. The molecule has 0 aliphatic carbocycles. The van der Waals surface area contributed by atoms with E-state index in [1.165, 1.54) is 0 Å². The Hall–Kier alpha value is -0.260. The molecule has 3 N–H and O–H groups in total. The second-order valence-corrected chi connectivity index (χ2v) is 6.44. The van der Waals surface area contributed by atoms with Crippen LogP contribution >= 0.6 is 11.8 Å². The number of amides is 1. The van der Waals surface area contributed by atoms with Crippen molar-refractivity contribution in [1.29, 1.82) is 0 Å². The summed E-state index contributed by atoms with van der Waals surface area (Å²) in [5.74, 6) is 0.00601. The summed E-state index contributed by atoms with van der Waals surface area (Å²) >= 11 is 1.61. The smallest absolute Gasteiger partial charge is 0.237 e. The first kappa shape index (κ1) is 17.7. The van der Waals surface area contributed by atoms with Crippen molar-refractivity contribution >= 4 is 17.7 Å². The van der Waals surface area contributed by atoms with Crippen molar-refractivity contribution in [3.8, 4) is 0 Å². The van der Waals surface area contributed by atoms with Crippen LogP contribution in [0.15, 0.2) is 0 Å². The Bertz CT molecular complexity index is 255. The van der Waals surface area contributed by atoms with Crippen LogP contribution in [0.2, 0.25) is 0 Å². The highest BCUT2D eigenvalue weighted by atomic mass is 32.2. The number of carbonyl (C=O) groups is 1. The number of hydrogen-bond acceptors (Lipinski definition) is 4. The van der Waals surface area contributed by atoms with Crippen molar-refractivity contribution in [1.82, 2.24) is 10.6 Å². The number of thioether (sulfide) groups is 1. The molecule has 0 aromatic carbocycles. The number of aliphatic hydroxyl groups is 1. The average Bonchev–Trinajstić information content (AvgIpc) is 2.30. The van der Waals surface area contributed by atoms with Gasteiger partial charge in [0.2, 0.25) is 5.91 Å². The first-order valence-electron chi connectivity index (χ1n) is 6.49. The summed E-state index contributed by atoms with van der Waals surface area (Å²) in [5, 5.41) is 15.6. The number of aliphatic hydroxyl groups excluding tert-OH is 1. The Kier molecular flexibility index (Phi) is 7.90. The molecule has 0 saturated carbocycles. The van der Waals surface area contributed by atoms with E-state index in [0.29, 0.717) is 0 Å². The van der Waals surface area contributed by atoms with Crippen molar-refractivity contribution in [3.05, 3.63) is 0 Å². The molecule has 3 unspecified atom stereocenters. The summed E-state index contributed by atoms with van der Waals surface area (Å²) in [6.07, 6.45) is 2.86. The third-order valence-corrected chi connectivity index (χ3v) is 4.45. The first-order chi connectivity index (χ1) is 8.27. The molecule has 0 rings (SSSR count). The minimum Gasteiger partial charge on any atom is -0.395 e. The molecule has 5 heteroatoms. The fraction of sp³-hybridized carbons (Fsp3) is 0.923. The molecule has 0 spiro atoms. The average molecular weight is 276 g/mol. The Labute approximate surface area is 115 Å². The minimum absolute atomic E-state index is 0.00601. The van der Waals surface area contributed by atoms with Crippen LogP contribution in [-0.2, 0) is 4.79 Å². The molecule has 0 aliphatic rings. The monoisotopic (exact) mass is 276 g/mol. The van der Waals surface area contributed by atoms with Crippen molar-refractivity contribution in [2.75, 3.05) is 12.9 Å². The summed E-state index contributed by atoms with van der Waals surface area (Å²) in [4.78, 5) is 12.0. The lowest BCUT2D eigenvalue weighted by Crippen LogP contribution is -2.54. The molecule has 3 atom stereocenters. The van der Waals surface area contributed by atoms with Crippen LogP contribution in [0.25, 0.3) is 0 Å². The highest BCUT2D eigenvalue weighted by Crippen LogP contribution is 2.11. The van der Waals surface area contributed by atoms with E-state index in [1.807, 2.05) is 34.0 Å². The maximum Gasteiger partial charge on any atom is 0.237 e. The van der Waals surface area contributed by atoms with Gasteiger partial charge in [-0.25, -0.2) is 0 Å². The number of nitrogens with one attached hydrogen (secondary N) is 2. The maximum atomic E-state index is 12.0. The van der Waals surface area contributed by atoms with Crippen molar-refractivity contribution in [3.63, 3.8) is 0 Å². The van der Waals surface area contributed by atoms with Crippen molar-refractivity contribution < 1.29 is 9.90 Å². The zero-order valence-electron chi connectivity index (χ0n) is 12.4. The Morgan fingerprint density at radius 1 is 1.39 bits per heavy atom. The van der Waals surface area contributed by atoms with Crippen LogP contribution in [-0.4, -0.2) is 46.7 Å². The summed E-state index contributed by atoms with van der Waals surface area (Å²) in [6.45, 7) is 10.0. The van der Waals surface area contributed by atoms with E-state index in [0.717, 1.165) is 6.42 Å². The second kappa shape index (κ2) is 8.02. The van der Waals surface area contributed by atoms with E-state index >= 15 is 0 Å². The predicted molar refractivity (Wildman–Crippen MR) is 79.0 cm³/mol. The Balaban J connectivity index is 4.31. The largest absolute Gasteiger partial charge is 0.395 e. The predicted octanol–water partition coefficient (Wildman–Crippen LogP) is 1.38. The standard InChI is InChI=1S/C13H28N2O2S/c1-7-13(4,5)15-12(17)10(3)14-9(2)11(8-16)18-6/h9-11,14,16H,7-8H2,1-6H3,(H,15,17). The van der Waals surface area contributed by atoms with Crippen LogP contribution in [0.4, 0.5) is 0 Å². The molecule has 0 aromatic heterocycles. The summed E-state index contributed by atoms with van der Waals surface area (Å²) < 4.78 is 0. The zero-order chi connectivity index (χ0) is 14.3. The zero-order valence-corrected chi connectivity index (χ0v) is 13.2. The first-order valence-corrected chi connectivity index (χ1v) is 7.78. The molecule has 0 saturated heterocycles. The van der Waals surface area contributed by atoms with E-state index < -0.39 is 0 Å². The highest BCUT2D eigenvalue weighted by Gasteiger charge is 2.24. The normalized spacial score (nSPS) is 17.1. The van der Waals surface area contributed by atoms with E-state index in [9.17, 15) is 9.90 Å². The number of hydrogen-bond donors (Lipinski definition) is 3. The Morgan fingerprint density at radius 2 is 1.94 bits per heavy atom. The third-order valence-electron chi connectivity index (χ3n) is 3.29. The van der Waals surface area contributed by atoms with Gasteiger partial charge in [0.25, 0.3) is 0 Å². The van der Waals surface area contributed by atoms with Crippen LogP contribution in [0.1, 0.15) is 41.0 Å². The molecule has 18 heavy (non-hydrogen) atoms. The Morgan fingerprint density at radius 3 is 2.33 bits per heavy atom. The van der Waals surface area contributed by atoms with Crippen LogP contribution in [0, 0.1) is 0 Å². The van der Waals surface area contributed by atoms with Gasteiger partial charge in [0.15, 0.2) is 0 Å². The molecule has 1 amide bonds. The van der Waals surface area contributed by atoms with Gasteiger partial charge in [-0.3, -0.25) is 4.79 Å². The molecule has 0 bridgehead atoms. The van der Waals surface area contributed by atoms with Gasteiger partial charge in [0.1, 0.15) is 0 Å². The lowest BCUT2D eigenvalue weighted by atomic mass is 10.0. The molecule has 4 nitrogen and oxygen atoms in total. The van der Waals surface area contributed by atoms with Crippen LogP contribution in [0.5, 0.6) is 0 Å². The van der Waals surface area contributed by atoms with Gasteiger partial charge in [0.05, 0.1) is 12.6 Å². The highest BCUT2D eigenvalue weighted by molar-refractivity contribution is 7.99. The molecule has 0 fully saturated rings. The molecular weight excluding hydrogens is 248 g/mol. The maximum absolute atomic E-state index is 12.0. The third kappa shape index (κ3) is 6.07.